The highest BCUT2D eigenvalue weighted by atomic mass is 35.5. The van der Waals surface area contributed by atoms with Crippen molar-refractivity contribution in [1.29, 1.82) is 0 Å². The minimum atomic E-state index is -4.52. The van der Waals surface area contributed by atoms with Gasteiger partial charge < -0.3 is 0 Å². The number of halogens is 5. The van der Waals surface area contributed by atoms with Crippen LogP contribution in [0.2, 0.25) is 5.15 Å². The number of thioether (sulfide) groups is 1. The normalized spacial score (nSPS) is 22.8. The molecule has 10 heteroatoms. The molecule has 0 radical (unpaired) electrons. The van der Waals surface area contributed by atoms with E-state index in [-0.39, 0.29) is 22.3 Å². The van der Waals surface area contributed by atoms with Crippen LogP contribution in [0.5, 0.6) is 0 Å². The molecule has 1 aromatic heterocycles. The number of H-pyrrole nitrogens is 1. The Bertz CT molecular complexity index is 534. The van der Waals surface area contributed by atoms with Gasteiger partial charge in [-0.1, -0.05) is 11.6 Å². The van der Waals surface area contributed by atoms with Crippen molar-refractivity contribution in [2.45, 2.75) is 24.5 Å². The van der Waals surface area contributed by atoms with Crippen LogP contribution in [-0.2, 0) is 16.8 Å². The molecule has 112 valence electrons. The van der Waals surface area contributed by atoms with Gasteiger partial charge in [-0.25, -0.2) is 0 Å². The van der Waals surface area contributed by atoms with Gasteiger partial charge in [-0.15, -0.1) is 23.4 Å². The van der Waals surface area contributed by atoms with E-state index in [1.54, 1.807) is 13.0 Å². The molecule has 0 saturated carbocycles. The van der Waals surface area contributed by atoms with Gasteiger partial charge in [0, 0.05) is 11.3 Å². The first-order chi connectivity index (χ1) is 9.25. The van der Waals surface area contributed by atoms with Gasteiger partial charge in [-0.2, -0.15) is 18.3 Å². The summed E-state index contributed by atoms with van der Waals surface area (Å²) in [7, 11) is 0. The number of nitrogens with zero attached hydrogens (tertiary/aromatic N) is 1. The lowest BCUT2D eigenvalue weighted by Gasteiger charge is -2.14. The van der Waals surface area contributed by atoms with Gasteiger partial charge in [0.25, 0.3) is 0 Å². The second-order valence-electron chi connectivity index (χ2n) is 4.31. The first kappa shape index (κ1) is 15.8. The van der Waals surface area contributed by atoms with Gasteiger partial charge in [0.1, 0.15) is 11.3 Å². The highest BCUT2D eigenvalue weighted by Crippen LogP contribution is 2.37. The Balaban J connectivity index is 2.09. The van der Waals surface area contributed by atoms with E-state index >= 15 is 0 Å². The lowest BCUT2D eigenvalue weighted by atomic mass is 10.1. The summed E-state index contributed by atoms with van der Waals surface area (Å²) in [5.41, 5.74) is 0.926. The molecule has 1 aliphatic heterocycles. The number of nitrogens with one attached hydrogen (secondary N) is 2. The predicted octanol–water partition coefficient (Wildman–Crippen LogP) is 3.69. The topological polar surface area (TPSA) is 49.9 Å². The van der Waals surface area contributed by atoms with Gasteiger partial charge in [0.2, 0.25) is 0 Å². The molecule has 0 spiro atoms. The zero-order chi connectivity index (χ0) is 15.0. The van der Waals surface area contributed by atoms with Crippen LogP contribution in [0.1, 0.15) is 18.2 Å². The molecule has 1 aromatic rings. The number of aromatic amines is 1. The summed E-state index contributed by atoms with van der Waals surface area (Å²) < 4.78 is 38.2. The maximum atomic E-state index is 12.7. The van der Waals surface area contributed by atoms with Crippen LogP contribution in [-0.4, -0.2) is 21.7 Å². The van der Waals surface area contributed by atoms with Gasteiger partial charge in [0.05, 0.1) is 10.9 Å². The molecule has 2 rings (SSSR count). The summed E-state index contributed by atoms with van der Waals surface area (Å²) in [6, 6.07) is 0. The summed E-state index contributed by atoms with van der Waals surface area (Å²) in [6.45, 7) is 1.76. The third-order valence-electron chi connectivity index (χ3n) is 2.56. The van der Waals surface area contributed by atoms with E-state index < -0.39 is 17.5 Å². The molecule has 0 amide bonds. The fraction of sp³-hybridized carbons (Fsp3) is 0.500. The zero-order valence-corrected chi connectivity index (χ0v) is 12.5. The van der Waals surface area contributed by atoms with Crippen LogP contribution >= 0.6 is 35.0 Å². The number of rotatable bonds is 4. The second kappa shape index (κ2) is 5.67. The molecule has 0 saturated heterocycles. The molecule has 2 N–H and O–H groups in total. The molecular weight excluding hydrogens is 338 g/mol. The monoisotopic (exact) mass is 347 g/mol. The van der Waals surface area contributed by atoms with Gasteiger partial charge in [0.15, 0.2) is 5.15 Å². The Labute approximate surface area is 127 Å². The van der Waals surface area contributed by atoms with Gasteiger partial charge in [-0.3, -0.25) is 15.4 Å². The minimum Gasteiger partial charge on any atom is -0.272 e. The molecule has 0 bridgehead atoms. The van der Waals surface area contributed by atoms with Crippen LogP contribution in [0.3, 0.4) is 0 Å². The number of hydrogen-bond donors (Lipinski definition) is 2. The Morgan fingerprint density at radius 2 is 2.20 bits per heavy atom. The number of aromatic nitrogens is 2. The number of hydroxylamine groups is 1. The van der Waals surface area contributed by atoms with Crippen LogP contribution < -0.4 is 5.48 Å². The fourth-order valence-corrected chi connectivity index (χ4v) is 2.93. The maximum Gasteiger partial charge on any atom is 0.433 e. The lowest BCUT2D eigenvalue weighted by molar-refractivity contribution is -0.141. The quantitative estimate of drug-likeness (QED) is 0.815. The molecule has 20 heavy (non-hydrogen) atoms. The molecule has 1 unspecified atom stereocenters. The van der Waals surface area contributed by atoms with Crippen LogP contribution in [0, 0.1) is 0 Å². The maximum absolute atomic E-state index is 12.7. The second-order valence-corrected chi connectivity index (χ2v) is 5.96. The highest BCUT2D eigenvalue weighted by Gasteiger charge is 2.37. The molecule has 0 aromatic carbocycles. The SMILES string of the molecule is CC1(CCl)C=C(SCc2c(Cl)n[nH]c2C(F)(F)F)NO1. The highest BCUT2D eigenvalue weighted by molar-refractivity contribution is 8.02. The number of hydrogen-bond acceptors (Lipinski definition) is 4. The van der Waals surface area contributed by atoms with Crippen molar-refractivity contribution >= 4 is 35.0 Å². The predicted molar refractivity (Wildman–Crippen MR) is 71.3 cm³/mol. The van der Waals surface area contributed by atoms with Gasteiger partial charge >= 0.3 is 6.18 Å². The van der Waals surface area contributed by atoms with Crippen molar-refractivity contribution in [3.63, 3.8) is 0 Å². The lowest BCUT2D eigenvalue weighted by Crippen LogP contribution is -2.27. The molecule has 0 fully saturated rings. The largest absolute Gasteiger partial charge is 0.433 e. The van der Waals surface area contributed by atoms with Crippen molar-refractivity contribution in [1.82, 2.24) is 15.7 Å². The van der Waals surface area contributed by atoms with Crippen LogP contribution in [0.25, 0.3) is 0 Å². The molecule has 1 atom stereocenters. The number of alkyl halides is 4. The van der Waals surface area contributed by atoms with E-state index in [1.807, 2.05) is 5.10 Å². The van der Waals surface area contributed by atoms with Crippen molar-refractivity contribution in [3.8, 4) is 0 Å². The standard InChI is InChI=1S/C10H10Cl2F3N3OS/c1-9(4-11)2-6(18-19-9)20-3-5-7(10(13,14)15)16-17-8(5)12/h2,18H,3-4H2,1H3,(H,16,17). The third-order valence-corrected chi connectivity index (χ3v) is 4.35. The Morgan fingerprint density at radius 3 is 2.75 bits per heavy atom. The summed E-state index contributed by atoms with van der Waals surface area (Å²) in [6.07, 6.45) is -2.80. The molecule has 2 heterocycles. The van der Waals surface area contributed by atoms with E-state index in [2.05, 4.69) is 10.6 Å². The average molecular weight is 348 g/mol. The van der Waals surface area contributed by atoms with E-state index in [4.69, 9.17) is 28.0 Å². The molecule has 1 aliphatic rings. The summed E-state index contributed by atoms with van der Waals surface area (Å²) >= 11 is 12.5. The zero-order valence-electron chi connectivity index (χ0n) is 10.1. The third kappa shape index (κ3) is 3.36. The van der Waals surface area contributed by atoms with Crippen LogP contribution in [0.4, 0.5) is 13.2 Å². The van der Waals surface area contributed by atoms with Crippen LogP contribution in [0.15, 0.2) is 11.1 Å². The minimum absolute atomic E-state index is 0.00470. The molecular formula is C10H10Cl2F3N3OS. The first-order valence-electron chi connectivity index (χ1n) is 5.41. The average Bonchev–Trinajstić information content (AvgIpc) is 2.91. The van der Waals surface area contributed by atoms with E-state index in [1.165, 1.54) is 0 Å². The van der Waals surface area contributed by atoms with Crippen molar-refractivity contribution < 1.29 is 18.0 Å². The first-order valence-corrected chi connectivity index (χ1v) is 7.30. The Hall–Kier alpha value is -0.570. The summed E-state index contributed by atoms with van der Waals surface area (Å²) in [5, 5.41) is 5.68. The van der Waals surface area contributed by atoms with Crippen molar-refractivity contribution in [3.05, 3.63) is 27.5 Å². The molecule has 0 aliphatic carbocycles. The van der Waals surface area contributed by atoms with Gasteiger partial charge in [-0.05, 0) is 13.0 Å². The molecule has 4 nitrogen and oxygen atoms in total. The summed E-state index contributed by atoms with van der Waals surface area (Å²) in [5.74, 6) is 0.231. The van der Waals surface area contributed by atoms with Crippen molar-refractivity contribution in [2.75, 3.05) is 5.88 Å². The van der Waals surface area contributed by atoms with E-state index in [0.29, 0.717) is 5.03 Å². The Kier molecular flexibility index (Phi) is 4.48. The van der Waals surface area contributed by atoms with Crippen molar-refractivity contribution in [2.24, 2.45) is 0 Å². The van der Waals surface area contributed by atoms with E-state index in [0.717, 1.165) is 11.8 Å². The Morgan fingerprint density at radius 1 is 1.50 bits per heavy atom. The fourth-order valence-electron chi connectivity index (χ4n) is 1.50. The van der Waals surface area contributed by atoms with E-state index in [9.17, 15) is 13.2 Å². The summed E-state index contributed by atoms with van der Waals surface area (Å²) in [4.78, 5) is 5.23. The smallest absolute Gasteiger partial charge is 0.272 e.